The number of hydrogen-bond donors (Lipinski definition) is 1. The van der Waals surface area contributed by atoms with E-state index in [0.717, 1.165) is 5.56 Å². The van der Waals surface area contributed by atoms with E-state index in [1.165, 1.54) is 6.26 Å². The standard InChI is InChI=1S/C21H18ClNO5/c1-14-17(22)8-5-9-18(14)23-19(24)13-28-21(25)20-15(10-11-26-20)12-27-16-6-3-2-4-7-16/h2-11H,12-13H2,1H3,(H,23,24). The molecule has 1 N–H and O–H groups in total. The summed E-state index contributed by atoms with van der Waals surface area (Å²) in [6, 6.07) is 16.0. The highest BCUT2D eigenvalue weighted by atomic mass is 35.5. The average molecular weight is 400 g/mol. The second-order valence-corrected chi connectivity index (χ2v) is 6.32. The van der Waals surface area contributed by atoms with Gasteiger partial charge in [0, 0.05) is 16.3 Å². The molecule has 144 valence electrons. The molecule has 28 heavy (non-hydrogen) atoms. The molecule has 3 aromatic rings. The fourth-order valence-corrected chi connectivity index (χ4v) is 2.61. The highest BCUT2D eigenvalue weighted by Crippen LogP contribution is 2.23. The van der Waals surface area contributed by atoms with Gasteiger partial charge in [-0.15, -0.1) is 0 Å². The monoisotopic (exact) mass is 399 g/mol. The number of rotatable bonds is 7. The minimum absolute atomic E-state index is 0.00247. The van der Waals surface area contributed by atoms with E-state index in [1.54, 1.807) is 43.3 Å². The Hall–Kier alpha value is -3.25. The molecule has 0 saturated heterocycles. The first-order chi connectivity index (χ1) is 13.5. The van der Waals surface area contributed by atoms with Crippen LogP contribution in [0, 0.1) is 6.92 Å². The molecule has 0 aliphatic heterocycles. The van der Waals surface area contributed by atoms with E-state index in [1.807, 2.05) is 18.2 Å². The van der Waals surface area contributed by atoms with E-state index in [-0.39, 0.29) is 12.4 Å². The van der Waals surface area contributed by atoms with Gasteiger partial charge in [0.25, 0.3) is 5.91 Å². The molecule has 0 unspecified atom stereocenters. The molecule has 1 amide bonds. The lowest BCUT2D eigenvalue weighted by molar-refractivity contribution is -0.119. The van der Waals surface area contributed by atoms with Gasteiger partial charge in [-0.2, -0.15) is 0 Å². The summed E-state index contributed by atoms with van der Waals surface area (Å²) in [7, 11) is 0. The predicted octanol–water partition coefficient (Wildman–Crippen LogP) is 4.62. The third kappa shape index (κ3) is 4.92. The van der Waals surface area contributed by atoms with E-state index < -0.39 is 18.5 Å². The molecule has 3 rings (SSSR count). The van der Waals surface area contributed by atoms with Gasteiger partial charge >= 0.3 is 5.97 Å². The smallest absolute Gasteiger partial charge is 0.375 e. The number of para-hydroxylation sites is 1. The van der Waals surface area contributed by atoms with Crippen LogP contribution in [-0.2, 0) is 16.1 Å². The molecule has 0 fully saturated rings. The summed E-state index contributed by atoms with van der Waals surface area (Å²) in [5.41, 5.74) is 1.82. The Morgan fingerprint density at radius 2 is 1.86 bits per heavy atom. The first-order valence-electron chi connectivity index (χ1n) is 8.51. The first-order valence-corrected chi connectivity index (χ1v) is 8.88. The van der Waals surface area contributed by atoms with E-state index in [2.05, 4.69) is 5.32 Å². The lowest BCUT2D eigenvalue weighted by atomic mass is 10.2. The zero-order valence-electron chi connectivity index (χ0n) is 15.1. The zero-order valence-corrected chi connectivity index (χ0v) is 15.9. The number of ether oxygens (including phenoxy) is 2. The lowest BCUT2D eigenvalue weighted by Gasteiger charge is -2.10. The number of carbonyl (C=O) groups is 2. The molecule has 1 aromatic heterocycles. The molecule has 0 aliphatic carbocycles. The fourth-order valence-electron chi connectivity index (χ4n) is 2.43. The van der Waals surface area contributed by atoms with Crippen molar-refractivity contribution in [3.63, 3.8) is 0 Å². The number of furan rings is 1. The van der Waals surface area contributed by atoms with Crippen LogP contribution in [0.4, 0.5) is 5.69 Å². The molecule has 0 saturated carbocycles. The van der Waals surface area contributed by atoms with Crippen LogP contribution in [0.5, 0.6) is 5.75 Å². The Bertz CT molecular complexity index is 968. The van der Waals surface area contributed by atoms with Crippen molar-refractivity contribution in [1.82, 2.24) is 0 Å². The normalized spacial score (nSPS) is 10.4. The molecule has 0 atom stereocenters. The van der Waals surface area contributed by atoms with Gasteiger partial charge in [0.15, 0.2) is 6.61 Å². The van der Waals surface area contributed by atoms with Crippen molar-refractivity contribution < 1.29 is 23.5 Å². The highest BCUT2D eigenvalue weighted by molar-refractivity contribution is 6.31. The average Bonchev–Trinajstić information content (AvgIpc) is 3.17. The molecule has 0 aliphatic rings. The van der Waals surface area contributed by atoms with Crippen molar-refractivity contribution >= 4 is 29.2 Å². The van der Waals surface area contributed by atoms with Crippen molar-refractivity contribution in [3.05, 3.63) is 82.8 Å². The van der Waals surface area contributed by atoms with Crippen molar-refractivity contribution in [2.24, 2.45) is 0 Å². The Morgan fingerprint density at radius 1 is 1.07 bits per heavy atom. The minimum atomic E-state index is -0.741. The number of nitrogens with one attached hydrogen (secondary N) is 1. The highest BCUT2D eigenvalue weighted by Gasteiger charge is 2.19. The lowest BCUT2D eigenvalue weighted by Crippen LogP contribution is -2.21. The van der Waals surface area contributed by atoms with Crippen molar-refractivity contribution in [2.75, 3.05) is 11.9 Å². The van der Waals surface area contributed by atoms with E-state index in [0.29, 0.717) is 22.0 Å². The molecule has 7 heteroatoms. The summed E-state index contributed by atoms with van der Waals surface area (Å²) in [5.74, 6) is -0.552. The number of esters is 1. The Labute approximate surface area is 167 Å². The zero-order chi connectivity index (χ0) is 19.9. The quantitative estimate of drug-likeness (QED) is 0.587. The van der Waals surface area contributed by atoms with Crippen molar-refractivity contribution in [3.8, 4) is 5.75 Å². The third-order valence-electron chi connectivity index (χ3n) is 3.95. The molecule has 1 heterocycles. The summed E-state index contributed by atoms with van der Waals surface area (Å²) in [6.07, 6.45) is 1.37. The van der Waals surface area contributed by atoms with Gasteiger partial charge in [0.05, 0.1) is 6.26 Å². The topological polar surface area (TPSA) is 77.8 Å². The Balaban J connectivity index is 1.54. The van der Waals surface area contributed by atoms with E-state index >= 15 is 0 Å². The number of hydrogen-bond acceptors (Lipinski definition) is 5. The largest absolute Gasteiger partial charge is 0.489 e. The predicted molar refractivity (Wildman–Crippen MR) is 105 cm³/mol. The van der Waals surface area contributed by atoms with Gasteiger partial charge in [-0.05, 0) is 42.8 Å². The summed E-state index contributed by atoms with van der Waals surface area (Å²) in [4.78, 5) is 24.3. The number of carbonyl (C=O) groups excluding carboxylic acids is 2. The van der Waals surface area contributed by atoms with Crippen LogP contribution in [0.3, 0.4) is 0 Å². The molecule has 2 aromatic carbocycles. The fraction of sp³-hybridized carbons (Fsp3) is 0.143. The van der Waals surface area contributed by atoms with Crippen LogP contribution in [0.25, 0.3) is 0 Å². The Morgan fingerprint density at radius 3 is 2.64 bits per heavy atom. The number of amides is 1. The number of benzene rings is 2. The van der Waals surface area contributed by atoms with Gasteiger partial charge in [0.2, 0.25) is 5.76 Å². The van der Waals surface area contributed by atoms with Crippen molar-refractivity contribution in [1.29, 1.82) is 0 Å². The number of halogens is 1. The van der Waals surface area contributed by atoms with E-state index in [4.69, 9.17) is 25.5 Å². The van der Waals surface area contributed by atoms with E-state index in [9.17, 15) is 9.59 Å². The van der Waals surface area contributed by atoms with Crippen LogP contribution in [0.1, 0.15) is 21.7 Å². The second kappa shape index (κ2) is 9.10. The molecule has 0 spiro atoms. The molecule has 0 bridgehead atoms. The van der Waals surface area contributed by atoms with Crippen LogP contribution < -0.4 is 10.1 Å². The van der Waals surface area contributed by atoms with Crippen molar-refractivity contribution in [2.45, 2.75) is 13.5 Å². The summed E-state index contributed by atoms with van der Waals surface area (Å²) >= 11 is 6.02. The second-order valence-electron chi connectivity index (χ2n) is 5.91. The van der Waals surface area contributed by atoms with Gasteiger partial charge in [-0.25, -0.2) is 4.79 Å². The van der Waals surface area contributed by atoms with Gasteiger partial charge in [-0.3, -0.25) is 4.79 Å². The number of anilines is 1. The Kier molecular flexibility index (Phi) is 6.34. The van der Waals surface area contributed by atoms with Gasteiger partial charge in [0.1, 0.15) is 12.4 Å². The van der Waals surface area contributed by atoms with Crippen LogP contribution in [0.15, 0.2) is 65.3 Å². The summed E-state index contributed by atoms with van der Waals surface area (Å²) in [5, 5.41) is 3.19. The maximum absolute atomic E-state index is 12.2. The molecule has 0 radical (unpaired) electrons. The summed E-state index contributed by atoms with van der Waals surface area (Å²) < 4.78 is 15.9. The maximum atomic E-state index is 12.2. The van der Waals surface area contributed by atoms with Gasteiger partial charge < -0.3 is 19.2 Å². The third-order valence-corrected chi connectivity index (χ3v) is 4.36. The SMILES string of the molecule is Cc1c(Cl)cccc1NC(=O)COC(=O)c1occc1COc1ccccc1. The minimum Gasteiger partial charge on any atom is -0.489 e. The van der Waals surface area contributed by atoms with Crippen LogP contribution >= 0.6 is 11.6 Å². The van der Waals surface area contributed by atoms with Crippen LogP contribution in [-0.4, -0.2) is 18.5 Å². The van der Waals surface area contributed by atoms with Gasteiger partial charge in [-0.1, -0.05) is 35.9 Å². The summed E-state index contributed by atoms with van der Waals surface area (Å²) in [6.45, 7) is 1.47. The maximum Gasteiger partial charge on any atom is 0.375 e. The van der Waals surface area contributed by atoms with Crippen LogP contribution in [0.2, 0.25) is 5.02 Å². The molecular weight excluding hydrogens is 382 g/mol. The first kappa shape index (κ1) is 19.5. The molecule has 6 nitrogen and oxygen atoms in total. The molecular formula is C21H18ClNO5.